The normalized spacial score (nSPS) is 12.8. The molecule has 0 aromatic carbocycles. The summed E-state index contributed by atoms with van der Waals surface area (Å²) in [4.78, 5) is 37.0. The number of rotatable bonds is 47. The molecule has 0 saturated heterocycles. The van der Waals surface area contributed by atoms with Gasteiger partial charge in [0.15, 0.2) is 6.10 Å². The summed E-state index contributed by atoms with van der Waals surface area (Å²) in [5.74, 6) is -1.71. The topological polar surface area (TPSA) is 102 Å². The summed E-state index contributed by atoms with van der Waals surface area (Å²) in [6, 6.07) is -0.719. The highest BCUT2D eigenvalue weighted by Gasteiger charge is 2.25. The second-order valence-corrected chi connectivity index (χ2v) is 18.8. The number of unbranched alkanes of at least 4 members (excludes halogenated alkanes) is 33. The highest BCUT2D eigenvalue weighted by atomic mass is 16.6. The van der Waals surface area contributed by atoms with Crippen LogP contribution in [0.25, 0.3) is 0 Å². The summed E-state index contributed by atoms with van der Waals surface area (Å²) in [5, 5.41) is 11.6. The maximum absolute atomic E-state index is 12.8. The maximum atomic E-state index is 12.8. The molecule has 8 nitrogen and oxygen atoms in total. The van der Waals surface area contributed by atoms with Gasteiger partial charge >= 0.3 is 11.9 Å². The third-order valence-electron chi connectivity index (χ3n) is 12.0. The molecule has 0 saturated carbocycles. The predicted octanol–water partition coefficient (Wildman–Crippen LogP) is 13.1. The van der Waals surface area contributed by atoms with Crippen LogP contribution < -0.4 is 5.11 Å². The zero-order valence-corrected chi connectivity index (χ0v) is 40.0. The van der Waals surface area contributed by atoms with E-state index in [-0.39, 0.29) is 42.7 Å². The number of nitrogens with zero attached hydrogens (tertiary/aromatic N) is 1. The molecule has 0 fully saturated rings. The standard InChI is InChI=1S/C51H99NO7/c1-6-8-10-12-14-16-18-20-22-23-24-25-26-27-28-30-32-34-36-38-40-42-50(54)59-47(45-57-44-43-48(51(55)56)52(3,4)5)46-58-49(53)41-39-37-35-33-31-29-21-19-17-15-13-11-9-7-2/h47-48H,6-46H2,1-5H3. The number of esters is 2. The number of likely N-dealkylation sites (N-methyl/N-ethyl adjacent to an activating group) is 1. The SMILES string of the molecule is CCCCCCCCCCCCCCCCCCCCCCCC(=O)OC(COCCC(C(=O)[O-])[N+](C)(C)C)COC(=O)CCCCCCCCCCCCCCCC. The van der Waals surface area contributed by atoms with Gasteiger partial charge in [-0.1, -0.05) is 226 Å². The molecule has 0 aromatic rings. The van der Waals surface area contributed by atoms with Gasteiger partial charge in [-0.25, -0.2) is 0 Å². The monoisotopic (exact) mass is 838 g/mol. The molecule has 2 unspecified atom stereocenters. The average molecular weight is 838 g/mol. The van der Waals surface area contributed by atoms with Gasteiger partial charge in [0.05, 0.1) is 40.3 Å². The van der Waals surface area contributed by atoms with Gasteiger partial charge in [-0.3, -0.25) is 9.59 Å². The second-order valence-electron chi connectivity index (χ2n) is 18.8. The van der Waals surface area contributed by atoms with Crippen molar-refractivity contribution in [2.75, 3.05) is 41.0 Å². The van der Waals surface area contributed by atoms with Crippen LogP contribution in [0.5, 0.6) is 0 Å². The Hall–Kier alpha value is -1.67. The summed E-state index contributed by atoms with van der Waals surface area (Å²) < 4.78 is 17.3. The highest BCUT2D eigenvalue weighted by Crippen LogP contribution is 2.17. The molecule has 0 radical (unpaired) electrons. The van der Waals surface area contributed by atoms with E-state index in [9.17, 15) is 19.5 Å². The Balaban J connectivity index is 4.17. The molecule has 0 rings (SSSR count). The molecule has 0 amide bonds. The Kier molecular flexibility index (Phi) is 41.8. The van der Waals surface area contributed by atoms with E-state index >= 15 is 0 Å². The molecule has 0 N–H and O–H groups in total. The van der Waals surface area contributed by atoms with Crippen LogP contribution >= 0.6 is 0 Å². The molecule has 0 aromatic heterocycles. The molecule has 2 atom stereocenters. The number of carboxylic acids is 1. The quantitative estimate of drug-likeness (QED) is 0.0342. The largest absolute Gasteiger partial charge is 0.544 e. The van der Waals surface area contributed by atoms with Gasteiger partial charge in [0.2, 0.25) is 0 Å². The van der Waals surface area contributed by atoms with Gasteiger partial charge < -0.3 is 28.6 Å². The number of carboxylic acid groups (broad SMARTS) is 1. The number of aliphatic carboxylic acids is 1. The Morgan fingerprint density at radius 1 is 0.441 bits per heavy atom. The lowest BCUT2D eigenvalue weighted by atomic mass is 10.0. The van der Waals surface area contributed by atoms with Crippen molar-refractivity contribution in [2.24, 2.45) is 0 Å². The summed E-state index contributed by atoms with van der Waals surface area (Å²) in [7, 11) is 5.43. The first-order chi connectivity index (χ1) is 28.6. The first-order valence-electron chi connectivity index (χ1n) is 25.6. The van der Waals surface area contributed by atoms with Gasteiger partial charge in [0.25, 0.3) is 0 Å². The Labute approximate surface area is 366 Å². The Bertz CT molecular complexity index is 936. The first kappa shape index (κ1) is 57.3. The van der Waals surface area contributed by atoms with Crippen LogP contribution in [0.2, 0.25) is 0 Å². The minimum Gasteiger partial charge on any atom is -0.544 e. The summed E-state index contributed by atoms with van der Waals surface area (Å²) in [6.07, 6.45) is 45.6. The zero-order chi connectivity index (χ0) is 43.5. The van der Waals surface area contributed by atoms with Gasteiger partial charge in [0, 0.05) is 19.3 Å². The fourth-order valence-corrected chi connectivity index (χ4v) is 8.02. The number of quaternary nitrogens is 1. The summed E-state index contributed by atoms with van der Waals surface area (Å²) in [6.45, 7) is 4.72. The van der Waals surface area contributed by atoms with E-state index in [0.717, 1.165) is 38.5 Å². The zero-order valence-electron chi connectivity index (χ0n) is 40.0. The number of carbonyl (C=O) groups excluding carboxylic acids is 3. The highest BCUT2D eigenvalue weighted by molar-refractivity contribution is 5.70. The Morgan fingerprint density at radius 3 is 1.05 bits per heavy atom. The van der Waals surface area contributed by atoms with Gasteiger partial charge in [-0.15, -0.1) is 0 Å². The van der Waals surface area contributed by atoms with E-state index in [2.05, 4.69) is 13.8 Å². The predicted molar refractivity (Wildman–Crippen MR) is 245 cm³/mol. The minimum absolute atomic E-state index is 0.0497. The number of hydrogen-bond donors (Lipinski definition) is 0. The van der Waals surface area contributed by atoms with Crippen LogP contribution in [-0.2, 0) is 28.6 Å². The fraction of sp³-hybridized carbons (Fsp3) is 0.941. The molecule has 0 aliphatic rings. The van der Waals surface area contributed by atoms with Crippen molar-refractivity contribution >= 4 is 17.9 Å². The molecule has 0 heterocycles. The smallest absolute Gasteiger partial charge is 0.306 e. The van der Waals surface area contributed by atoms with Gasteiger partial charge in [-0.05, 0) is 12.8 Å². The fourth-order valence-electron chi connectivity index (χ4n) is 8.02. The van der Waals surface area contributed by atoms with E-state index in [1.165, 1.54) is 186 Å². The molecular formula is C51H99NO7. The van der Waals surface area contributed by atoms with Crippen molar-refractivity contribution in [3.8, 4) is 0 Å². The van der Waals surface area contributed by atoms with Crippen LogP contribution in [0.1, 0.15) is 258 Å². The summed E-state index contributed by atoms with van der Waals surface area (Å²) >= 11 is 0. The van der Waals surface area contributed by atoms with E-state index in [0.29, 0.717) is 12.8 Å². The van der Waals surface area contributed by atoms with Crippen LogP contribution in [0.15, 0.2) is 0 Å². The van der Waals surface area contributed by atoms with Crippen LogP contribution in [-0.4, -0.2) is 75.5 Å². The van der Waals surface area contributed by atoms with E-state index < -0.39 is 18.1 Å². The van der Waals surface area contributed by atoms with Crippen molar-refractivity contribution in [1.29, 1.82) is 0 Å². The average Bonchev–Trinajstić information content (AvgIpc) is 3.19. The summed E-state index contributed by atoms with van der Waals surface area (Å²) in [5.41, 5.74) is 0. The second kappa shape index (κ2) is 43.0. The molecule has 0 aliphatic heterocycles. The van der Waals surface area contributed by atoms with E-state index in [1.54, 1.807) is 0 Å². The van der Waals surface area contributed by atoms with Crippen molar-refractivity contribution in [3.05, 3.63) is 0 Å². The van der Waals surface area contributed by atoms with E-state index in [4.69, 9.17) is 14.2 Å². The lowest BCUT2D eigenvalue weighted by Crippen LogP contribution is -2.55. The molecule has 0 spiro atoms. The number of hydrogen-bond acceptors (Lipinski definition) is 7. The molecular weight excluding hydrogens is 739 g/mol. The third kappa shape index (κ3) is 41.5. The molecule has 350 valence electrons. The van der Waals surface area contributed by atoms with Crippen molar-refractivity contribution in [1.82, 2.24) is 0 Å². The minimum atomic E-state index is -1.12. The lowest BCUT2D eigenvalue weighted by Gasteiger charge is -2.34. The molecule has 8 heteroatoms. The van der Waals surface area contributed by atoms with E-state index in [1.807, 2.05) is 21.1 Å². The van der Waals surface area contributed by atoms with Crippen LogP contribution in [0.3, 0.4) is 0 Å². The number of ether oxygens (including phenoxy) is 3. The Morgan fingerprint density at radius 2 is 0.746 bits per heavy atom. The van der Waals surface area contributed by atoms with Crippen molar-refractivity contribution in [2.45, 2.75) is 270 Å². The molecule has 0 aliphatic carbocycles. The van der Waals surface area contributed by atoms with Crippen LogP contribution in [0.4, 0.5) is 0 Å². The first-order valence-corrected chi connectivity index (χ1v) is 25.6. The van der Waals surface area contributed by atoms with Crippen LogP contribution in [0, 0.1) is 0 Å². The third-order valence-corrected chi connectivity index (χ3v) is 12.0. The molecule has 59 heavy (non-hydrogen) atoms. The number of carbonyl (C=O) groups is 3. The van der Waals surface area contributed by atoms with Crippen molar-refractivity contribution in [3.63, 3.8) is 0 Å². The molecule has 0 bridgehead atoms. The van der Waals surface area contributed by atoms with Gasteiger partial charge in [0.1, 0.15) is 12.6 Å². The maximum Gasteiger partial charge on any atom is 0.306 e. The van der Waals surface area contributed by atoms with Gasteiger partial charge in [-0.2, -0.15) is 0 Å². The van der Waals surface area contributed by atoms with Crippen molar-refractivity contribution < 1.29 is 38.2 Å². The lowest BCUT2D eigenvalue weighted by molar-refractivity contribution is -0.889.